The Bertz CT molecular complexity index is 163. The molecule has 50 valence electrons. The molecule has 0 atom stereocenters. The second-order valence-electron chi connectivity index (χ2n) is 0.949. The molecule has 0 aliphatic rings. The van der Waals surface area contributed by atoms with Crippen molar-refractivity contribution in [1.29, 1.82) is 0 Å². The molecule has 8 heavy (non-hydrogen) atoms. The van der Waals surface area contributed by atoms with E-state index in [-0.39, 0.29) is 0 Å². The zero-order valence-corrected chi connectivity index (χ0v) is 4.18. The topological polar surface area (TPSA) is 57.0 Å². The Morgan fingerprint density at radius 3 is 1.38 bits per heavy atom. The van der Waals surface area contributed by atoms with Crippen LogP contribution in [-0.4, -0.2) is 18.5 Å². The molecule has 0 bridgehead atoms. The van der Waals surface area contributed by atoms with Crippen LogP contribution in [0.2, 0.25) is 0 Å². The van der Waals surface area contributed by atoms with Gasteiger partial charge in [0.25, 0.3) is 0 Å². The largest absolute Gasteiger partial charge is 0.571 e. The average Bonchev–Trinajstić information content (AvgIpc) is 1.25. The predicted octanol–water partition coefficient (Wildman–Crippen LogP) is -0.439. The first-order valence-electron chi connectivity index (χ1n) is 1.31. The van der Waals surface area contributed by atoms with Crippen molar-refractivity contribution >= 4 is 10.1 Å². The Morgan fingerprint density at radius 2 is 1.38 bits per heavy atom. The number of alkyl halides is 3. The normalized spacial score (nSPS) is 14.0. The summed E-state index contributed by atoms with van der Waals surface area (Å²) in [7, 11) is -5.59. The van der Waals surface area contributed by atoms with Crippen LogP contribution in [-0.2, 0) is 10.1 Å². The van der Waals surface area contributed by atoms with Crippen molar-refractivity contribution in [3.8, 4) is 0 Å². The lowest BCUT2D eigenvalue weighted by Crippen LogP contribution is -2.21. The summed E-state index contributed by atoms with van der Waals surface area (Å²) in [5.41, 5.74) is -5.42. The molecule has 7 heteroatoms. The van der Waals surface area contributed by atoms with E-state index < -0.39 is 15.6 Å². The molecule has 0 saturated heterocycles. The first-order valence-corrected chi connectivity index (χ1v) is 2.79. The summed E-state index contributed by atoms with van der Waals surface area (Å²) in [4.78, 5) is 0. The van der Waals surface area contributed by atoms with Gasteiger partial charge in [-0.1, -0.05) is 0 Å². The Hall–Kier alpha value is -0.300. The van der Waals surface area contributed by atoms with Gasteiger partial charge in [0, 0.05) is 0 Å². The van der Waals surface area contributed by atoms with Gasteiger partial charge in [-0.15, -0.1) is 8.42 Å². The molecule has 0 saturated carbocycles. The van der Waals surface area contributed by atoms with E-state index in [1.54, 1.807) is 0 Å². The first-order chi connectivity index (χ1) is 3.25. The summed E-state index contributed by atoms with van der Waals surface area (Å²) in [6.07, 6.45) is 0. The summed E-state index contributed by atoms with van der Waals surface area (Å²) in [5, 5.41) is 0. The van der Waals surface area contributed by atoms with Crippen LogP contribution >= 0.6 is 0 Å². The minimum atomic E-state index is -5.59. The summed E-state index contributed by atoms with van der Waals surface area (Å²) in [6, 6.07) is 0. The van der Waals surface area contributed by atoms with E-state index in [9.17, 15) is 21.6 Å². The molecule has 0 aliphatic carbocycles. The number of rotatable bonds is 0. The van der Waals surface area contributed by atoms with Crippen LogP contribution in [0.15, 0.2) is 0 Å². The van der Waals surface area contributed by atoms with Crippen LogP contribution in [0.1, 0.15) is 0 Å². The maximum atomic E-state index is 10.8. The second-order valence-corrected chi connectivity index (χ2v) is 2.42. The standard InChI is InChI=1S/CHF3O3S/c2-1(3,4)8(5,6)7/h(H,5,6,7)/p+1. The van der Waals surface area contributed by atoms with Crippen LogP contribution in [0.4, 0.5) is 13.2 Å². The van der Waals surface area contributed by atoms with Crippen molar-refractivity contribution in [2.24, 2.45) is 0 Å². The van der Waals surface area contributed by atoms with Crippen molar-refractivity contribution in [3.63, 3.8) is 0 Å². The predicted molar refractivity (Wildman–Crippen MR) is 18.6 cm³/mol. The minimum absolute atomic E-state index is 5.42. The third-order valence-electron chi connectivity index (χ3n) is 0.305. The molecular formula is CH2F3O3S+. The van der Waals surface area contributed by atoms with Crippen molar-refractivity contribution in [2.45, 2.75) is 5.51 Å². The molecule has 0 amide bonds. The number of halogens is 3. The van der Waals surface area contributed by atoms with E-state index in [0.717, 1.165) is 0 Å². The molecule has 0 aromatic rings. The van der Waals surface area contributed by atoms with E-state index in [1.807, 2.05) is 0 Å². The minimum Gasteiger partial charge on any atom is -0.325 e. The third kappa shape index (κ3) is 1.66. The lowest BCUT2D eigenvalue weighted by molar-refractivity contribution is -0.0510. The van der Waals surface area contributed by atoms with E-state index in [0.29, 0.717) is 0 Å². The molecule has 3 nitrogen and oxygen atoms in total. The number of hydrogen-bond acceptors (Lipinski definition) is 2. The van der Waals surface area contributed by atoms with Gasteiger partial charge >= 0.3 is 15.6 Å². The Labute approximate surface area is 42.9 Å². The lowest BCUT2D eigenvalue weighted by Gasteiger charge is -1.93. The van der Waals surface area contributed by atoms with Crippen LogP contribution in [0.25, 0.3) is 0 Å². The smallest absolute Gasteiger partial charge is 0.325 e. The Kier molecular flexibility index (Phi) is 1.53. The monoisotopic (exact) mass is 151 g/mol. The zero-order valence-electron chi connectivity index (χ0n) is 3.36. The molecule has 0 aliphatic heterocycles. The molecular weight excluding hydrogens is 149 g/mol. The second kappa shape index (κ2) is 1.59. The van der Waals surface area contributed by atoms with Crippen molar-refractivity contribution in [3.05, 3.63) is 0 Å². The maximum Gasteiger partial charge on any atom is 0.571 e. The van der Waals surface area contributed by atoms with Gasteiger partial charge in [0.05, 0.1) is 0 Å². The fourth-order valence-corrected chi connectivity index (χ4v) is 0. The molecule has 0 unspecified atom stereocenters. The van der Waals surface area contributed by atoms with Gasteiger partial charge in [0.15, 0.2) is 0 Å². The van der Waals surface area contributed by atoms with Gasteiger partial charge in [-0.3, -0.25) is 0 Å². The Balaban J connectivity index is 4.53. The van der Waals surface area contributed by atoms with E-state index in [4.69, 9.17) is 4.55 Å². The molecule has 2 N–H and O–H groups in total. The van der Waals surface area contributed by atoms with E-state index >= 15 is 0 Å². The highest BCUT2D eigenvalue weighted by molar-refractivity contribution is 7.86. The highest BCUT2D eigenvalue weighted by Crippen LogP contribution is 2.20. The molecule has 0 aromatic carbocycles. The molecule has 0 spiro atoms. The fourth-order valence-electron chi connectivity index (χ4n) is 0. The third-order valence-corrected chi connectivity index (χ3v) is 0.914. The first kappa shape index (κ1) is 7.70. The summed E-state index contributed by atoms with van der Waals surface area (Å²) >= 11 is 0. The van der Waals surface area contributed by atoms with Gasteiger partial charge in [-0.25, -0.2) is 0 Å². The van der Waals surface area contributed by atoms with Gasteiger partial charge in [-0.05, 0) is 0 Å². The van der Waals surface area contributed by atoms with Crippen molar-refractivity contribution < 1.29 is 26.1 Å². The summed E-state index contributed by atoms with van der Waals surface area (Å²) < 4.78 is 56.2. The van der Waals surface area contributed by atoms with Crippen LogP contribution in [0.3, 0.4) is 0 Å². The van der Waals surface area contributed by atoms with Gasteiger partial charge in [0.1, 0.15) is 0 Å². The average molecular weight is 151 g/mol. The van der Waals surface area contributed by atoms with E-state index in [1.165, 1.54) is 0 Å². The fraction of sp³-hybridized carbons (Fsp3) is 1.00. The van der Waals surface area contributed by atoms with Crippen molar-refractivity contribution in [1.82, 2.24) is 0 Å². The zero-order chi connectivity index (χ0) is 7.00. The number of hydrogen-bond donors (Lipinski definition) is 0. The van der Waals surface area contributed by atoms with Crippen molar-refractivity contribution in [2.75, 3.05) is 0 Å². The Morgan fingerprint density at radius 1 is 1.25 bits per heavy atom. The molecule has 0 rings (SSSR count). The molecule has 0 radical (unpaired) electrons. The van der Waals surface area contributed by atoms with Crippen LogP contribution < -0.4 is 0 Å². The summed E-state index contributed by atoms with van der Waals surface area (Å²) in [6.45, 7) is 0. The van der Waals surface area contributed by atoms with Crippen LogP contribution in [0, 0.1) is 0 Å². The van der Waals surface area contributed by atoms with Gasteiger partial charge in [0.2, 0.25) is 0 Å². The summed E-state index contributed by atoms with van der Waals surface area (Å²) in [5.74, 6) is 0. The molecule has 0 heterocycles. The SMILES string of the molecule is O=S(=O)([OH2+])C(F)(F)F. The van der Waals surface area contributed by atoms with Gasteiger partial charge in [-0.2, -0.15) is 13.2 Å². The molecule has 0 aromatic heterocycles. The highest BCUT2D eigenvalue weighted by Gasteiger charge is 2.49. The van der Waals surface area contributed by atoms with Gasteiger partial charge < -0.3 is 4.55 Å². The lowest BCUT2D eigenvalue weighted by atomic mass is 11.6. The van der Waals surface area contributed by atoms with Crippen LogP contribution in [0.5, 0.6) is 0 Å². The quantitative estimate of drug-likeness (QED) is 0.348. The maximum absolute atomic E-state index is 10.8. The highest BCUT2D eigenvalue weighted by atomic mass is 32.2. The van der Waals surface area contributed by atoms with E-state index in [2.05, 4.69) is 0 Å². The molecule has 0 fully saturated rings.